The highest BCUT2D eigenvalue weighted by Crippen LogP contribution is 2.37. The number of fused-ring (bicyclic) bond motifs is 1. The van der Waals surface area contributed by atoms with Crippen LogP contribution in [0, 0.1) is 0 Å². The molecule has 0 spiro atoms. The molecular weight excluding hydrogens is 423 g/mol. The van der Waals surface area contributed by atoms with E-state index in [-0.39, 0.29) is 16.4 Å². The fourth-order valence-electron chi connectivity index (χ4n) is 2.90. The molecule has 1 amide bonds. The monoisotopic (exact) mass is 434 g/mol. The van der Waals surface area contributed by atoms with Crippen molar-refractivity contribution in [2.75, 3.05) is 5.32 Å². The van der Waals surface area contributed by atoms with E-state index in [1.165, 1.54) is 24.3 Å². The molecule has 4 rings (SSSR count). The fraction of sp³-hybridized carbons (Fsp3) is 0. The number of hydrogen-bond donors (Lipinski definition) is 2. The Balaban J connectivity index is 1.76. The van der Waals surface area contributed by atoms with Gasteiger partial charge in [0.1, 0.15) is 11.5 Å². The third-order valence-corrected chi connectivity index (χ3v) is 5.96. The maximum Gasteiger partial charge on any atom is 0.256 e. The van der Waals surface area contributed by atoms with Crippen molar-refractivity contribution >= 4 is 56.5 Å². The van der Waals surface area contributed by atoms with Crippen LogP contribution in [0.4, 0.5) is 5.69 Å². The second kappa shape index (κ2) is 6.79. The molecule has 1 aliphatic heterocycles. The van der Waals surface area contributed by atoms with Crippen LogP contribution in [-0.4, -0.2) is 14.3 Å². The number of halogens is 2. The molecule has 9 heteroatoms. The highest BCUT2D eigenvalue weighted by molar-refractivity contribution is 7.89. The zero-order chi connectivity index (χ0) is 20.1. The minimum atomic E-state index is -3.90. The Kier molecular flexibility index (Phi) is 4.55. The first-order valence-corrected chi connectivity index (χ1v) is 10.3. The molecule has 0 saturated carbocycles. The lowest BCUT2D eigenvalue weighted by atomic mass is 10.1. The average Bonchev–Trinajstić information content (AvgIpc) is 3.21. The van der Waals surface area contributed by atoms with Gasteiger partial charge in [-0.3, -0.25) is 4.79 Å². The summed E-state index contributed by atoms with van der Waals surface area (Å²) in [5, 5.41) is 8.62. The summed E-state index contributed by atoms with van der Waals surface area (Å²) < 4.78 is 29.0. The maximum atomic E-state index is 12.3. The van der Waals surface area contributed by atoms with Crippen LogP contribution in [0.3, 0.4) is 0 Å². The number of carbonyl (C=O) groups excluding carboxylic acids is 1. The van der Waals surface area contributed by atoms with E-state index in [4.69, 9.17) is 32.8 Å². The van der Waals surface area contributed by atoms with Gasteiger partial charge in [-0.2, -0.15) is 0 Å². The van der Waals surface area contributed by atoms with Crippen molar-refractivity contribution < 1.29 is 17.6 Å². The Labute approximate surface area is 170 Å². The third kappa shape index (κ3) is 3.33. The molecule has 142 valence electrons. The Hall–Kier alpha value is -2.58. The van der Waals surface area contributed by atoms with E-state index in [0.29, 0.717) is 38.4 Å². The molecule has 2 aromatic carbocycles. The normalized spacial score (nSPS) is 15.0. The van der Waals surface area contributed by atoms with Gasteiger partial charge in [0.25, 0.3) is 5.91 Å². The van der Waals surface area contributed by atoms with E-state index in [2.05, 4.69) is 5.32 Å². The van der Waals surface area contributed by atoms with Gasteiger partial charge in [-0.25, -0.2) is 13.6 Å². The predicted octanol–water partition coefficient (Wildman–Crippen LogP) is 4.39. The highest BCUT2D eigenvalue weighted by atomic mass is 35.5. The minimum Gasteiger partial charge on any atom is -0.457 e. The Bertz CT molecular complexity index is 1260. The molecule has 0 fully saturated rings. The van der Waals surface area contributed by atoms with Gasteiger partial charge in [0.2, 0.25) is 10.0 Å². The van der Waals surface area contributed by atoms with Crippen LogP contribution in [0.15, 0.2) is 57.8 Å². The van der Waals surface area contributed by atoms with E-state index in [1.54, 1.807) is 30.3 Å². The molecule has 3 aromatic rings. The molecule has 28 heavy (non-hydrogen) atoms. The first-order valence-electron chi connectivity index (χ1n) is 7.98. The van der Waals surface area contributed by atoms with E-state index in [0.717, 1.165) is 0 Å². The summed E-state index contributed by atoms with van der Waals surface area (Å²) in [4.78, 5) is 12.2. The first kappa shape index (κ1) is 18.8. The number of rotatable bonds is 3. The van der Waals surface area contributed by atoms with E-state index in [1.807, 2.05) is 0 Å². The quantitative estimate of drug-likeness (QED) is 0.596. The maximum absolute atomic E-state index is 12.3. The Morgan fingerprint density at radius 3 is 2.57 bits per heavy atom. The van der Waals surface area contributed by atoms with Crippen LogP contribution in [0.5, 0.6) is 0 Å². The van der Waals surface area contributed by atoms with Crippen LogP contribution in [0.1, 0.15) is 11.3 Å². The molecule has 2 heterocycles. The zero-order valence-corrected chi connectivity index (χ0v) is 16.4. The van der Waals surface area contributed by atoms with Gasteiger partial charge in [-0.15, -0.1) is 0 Å². The molecule has 0 unspecified atom stereocenters. The van der Waals surface area contributed by atoms with Crippen LogP contribution in [-0.2, 0) is 14.8 Å². The van der Waals surface area contributed by atoms with E-state index >= 15 is 0 Å². The molecular formula is C19H12Cl2N2O4S. The Morgan fingerprint density at radius 1 is 1.04 bits per heavy atom. The zero-order valence-electron chi connectivity index (χ0n) is 14.1. The van der Waals surface area contributed by atoms with Crippen molar-refractivity contribution in [2.24, 2.45) is 5.14 Å². The number of benzene rings is 2. The van der Waals surface area contributed by atoms with Crippen LogP contribution >= 0.6 is 23.2 Å². The number of primary sulfonamides is 1. The molecule has 3 N–H and O–H groups in total. The topological polar surface area (TPSA) is 102 Å². The van der Waals surface area contributed by atoms with E-state index < -0.39 is 10.0 Å². The van der Waals surface area contributed by atoms with Crippen molar-refractivity contribution in [3.05, 3.63) is 69.9 Å². The average molecular weight is 435 g/mol. The summed E-state index contributed by atoms with van der Waals surface area (Å²) in [5.41, 5.74) is 1.80. The lowest BCUT2D eigenvalue weighted by Crippen LogP contribution is -2.12. The van der Waals surface area contributed by atoms with Gasteiger partial charge in [-0.1, -0.05) is 29.3 Å². The standard InChI is InChI=1S/C19H12Cl2N2O4S/c20-15-3-1-2-12(18(15)21)17-7-4-10(27-17)8-14-13-9-11(28(22,25)26)5-6-16(13)23-19(14)24/h1-9H,(H,23,24)(H2,22,25,26). The lowest BCUT2D eigenvalue weighted by Gasteiger charge is -2.03. The second-order valence-corrected chi connectivity index (χ2v) is 8.41. The third-order valence-electron chi connectivity index (χ3n) is 4.23. The Morgan fingerprint density at radius 2 is 1.82 bits per heavy atom. The van der Waals surface area contributed by atoms with Crippen LogP contribution in [0.25, 0.3) is 23.0 Å². The summed E-state index contributed by atoms with van der Waals surface area (Å²) >= 11 is 12.3. The van der Waals surface area contributed by atoms with Gasteiger partial charge in [0.05, 0.1) is 20.5 Å². The summed E-state index contributed by atoms with van der Waals surface area (Å²) in [6.07, 6.45) is 1.52. The SMILES string of the molecule is NS(=O)(=O)c1ccc2c(c1)C(=Cc1ccc(-c3cccc(Cl)c3Cl)o1)C(=O)N2. The van der Waals surface area contributed by atoms with Gasteiger partial charge >= 0.3 is 0 Å². The molecule has 1 aliphatic rings. The van der Waals surface area contributed by atoms with Gasteiger partial charge in [0.15, 0.2) is 0 Å². The van der Waals surface area contributed by atoms with E-state index in [9.17, 15) is 13.2 Å². The summed E-state index contributed by atoms with van der Waals surface area (Å²) in [6.45, 7) is 0. The number of nitrogens with two attached hydrogens (primary N) is 1. The summed E-state index contributed by atoms with van der Waals surface area (Å²) in [6, 6.07) is 12.7. The number of carbonyl (C=O) groups is 1. The van der Waals surface area contributed by atoms with Crippen molar-refractivity contribution in [3.63, 3.8) is 0 Å². The molecule has 1 aromatic heterocycles. The molecule has 0 aliphatic carbocycles. The summed E-state index contributed by atoms with van der Waals surface area (Å²) in [5.74, 6) is 0.502. The largest absolute Gasteiger partial charge is 0.457 e. The summed E-state index contributed by atoms with van der Waals surface area (Å²) in [7, 11) is -3.90. The smallest absolute Gasteiger partial charge is 0.256 e. The van der Waals surface area contributed by atoms with Gasteiger partial charge in [-0.05, 0) is 48.5 Å². The highest BCUT2D eigenvalue weighted by Gasteiger charge is 2.26. The molecule has 6 nitrogen and oxygen atoms in total. The number of anilines is 1. The minimum absolute atomic E-state index is 0.0838. The lowest BCUT2D eigenvalue weighted by molar-refractivity contribution is -0.110. The molecule has 0 atom stereocenters. The van der Waals surface area contributed by atoms with Gasteiger partial charge < -0.3 is 9.73 Å². The molecule has 0 bridgehead atoms. The van der Waals surface area contributed by atoms with Crippen LogP contribution < -0.4 is 10.5 Å². The van der Waals surface area contributed by atoms with Crippen molar-refractivity contribution in [2.45, 2.75) is 4.90 Å². The number of hydrogen-bond acceptors (Lipinski definition) is 4. The molecule has 0 radical (unpaired) electrons. The van der Waals surface area contributed by atoms with Crippen LogP contribution in [0.2, 0.25) is 10.0 Å². The number of amides is 1. The van der Waals surface area contributed by atoms with Crippen molar-refractivity contribution in [1.29, 1.82) is 0 Å². The second-order valence-electron chi connectivity index (χ2n) is 6.07. The van der Waals surface area contributed by atoms with Crippen molar-refractivity contribution in [1.82, 2.24) is 0 Å². The van der Waals surface area contributed by atoms with Gasteiger partial charge in [0, 0.05) is 16.8 Å². The fourth-order valence-corrected chi connectivity index (χ4v) is 3.83. The number of furan rings is 1. The predicted molar refractivity (Wildman–Crippen MR) is 108 cm³/mol. The number of sulfonamides is 1. The van der Waals surface area contributed by atoms with Crippen molar-refractivity contribution in [3.8, 4) is 11.3 Å². The first-order chi connectivity index (χ1) is 13.2. The number of nitrogens with one attached hydrogen (secondary N) is 1. The molecule has 0 saturated heterocycles.